The number of fused-ring (bicyclic) bond motifs is 1. The molecule has 1 atom stereocenters. The van der Waals surface area contributed by atoms with Gasteiger partial charge in [-0.25, -0.2) is 0 Å². The minimum Gasteiger partial charge on any atom is -0.347 e. The normalized spacial score (nSPS) is 22.3. The minimum atomic E-state index is 0.360. The average Bonchev–Trinajstić information content (AvgIpc) is 2.87. The maximum absolute atomic E-state index is 12.0. The van der Waals surface area contributed by atoms with E-state index in [0.29, 0.717) is 11.8 Å². The minimum absolute atomic E-state index is 0.360. The number of nitrogens with zero attached hydrogens (tertiary/aromatic N) is 1. The Morgan fingerprint density at radius 3 is 2.74 bits per heavy atom. The summed E-state index contributed by atoms with van der Waals surface area (Å²) in [4.78, 5) is 12.0. The van der Waals surface area contributed by atoms with Crippen LogP contribution in [-0.4, -0.2) is 10.4 Å². The fraction of sp³-hybridized carbons (Fsp3) is 0.706. The lowest BCUT2D eigenvalue weighted by molar-refractivity contribution is 0.0971. The topological polar surface area (TPSA) is 22.0 Å². The Labute approximate surface area is 116 Å². The first kappa shape index (κ1) is 13.0. The highest BCUT2D eigenvalue weighted by Crippen LogP contribution is 2.37. The summed E-state index contributed by atoms with van der Waals surface area (Å²) in [6.07, 6.45) is 13.2. The zero-order valence-corrected chi connectivity index (χ0v) is 12.0. The van der Waals surface area contributed by atoms with E-state index in [-0.39, 0.29) is 0 Å². The van der Waals surface area contributed by atoms with Crippen LogP contribution < -0.4 is 0 Å². The highest BCUT2D eigenvalue weighted by molar-refractivity contribution is 5.98. The molecular formula is C17H25NO. The van der Waals surface area contributed by atoms with Crippen molar-refractivity contribution in [3.63, 3.8) is 0 Å². The summed E-state index contributed by atoms with van der Waals surface area (Å²) >= 11 is 0. The molecule has 1 aromatic heterocycles. The van der Waals surface area contributed by atoms with E-state index in [0.717, 1.165) is 30.7 Å². The van der Waals surface area contributed by atoms with Crippen LogP contribution in [0.2, 0.25) is 0 Å². The molecular weight excluding hydrogens is 234 g/mol. The van der Waals surface area contributed by atoms with Crippen molar-refractivity contribution in [3.05, 3.63) is 23.5 Å². The van der Waals surface area contributed by atoms with E-state index in [1.54, 1.807) is 0 Å². The van der Waals surface area contributed by atoms with Crippen LogP contribution in [-0.2, 0) is 6.42 Å². The predicted molar refractivity (Wildman–Crippen MR) is 77.6 cm³/mol. The number of Topliss-reactive ketones (excluding diaryl/α,β-unsaturated/α-hetero) is 1. The molecule has 104 valence electrons. The van der Waals surface area contributed by atoms with Gasteiger partial charge in [-0.3, -0.25) is 4.79 Å². The van der Waals surface area contributed by atoms with E-state index < -0.39 is 0 Å². The van der Waals surface area contributed by atoms with Gasteiger partial charge < -0.3 is 4.57 Å². The van der Waals surface area contributed by atoms with E-state index >= 15 is 0 Å². The first-order valence-corrected chi connectivity index (χ1v) is 8.04. The Kier molecular flexibility index (Phi) is 3.76. The van der Waals surface area contributed by atoms with Crippen molar-refractivity contribution < 1.29 is 4.79 Å². The van der Waals surface area contributed by atoms with Crippen molar-refractivity contribution in [2.45, 2.75) is 70.8 Å². The summed E-state index contributed by atoms with van der Waals surface area (Å²) in [5, 5.41) is 0. The van der Waals surface area contributed by atoms with Gasteiger partial charge in [0.25, 0.3) is 0 Å². The lowest BCUT2D eigenvalue weighted by Crippen LogP contribution is -2.24. The number of ketones is 1. The zero-order chi connectivity index (χ0) is 13.2. The molecule has 1 aromatic rings. The summed E-state index contributed by atoms with van der Waals surface area (Å²) in [6.45, 7) is 2.30. The van der Waals surface area contributed by atoms with E-state index in [1.807, 2.05) is 0 Å². The van der Waals surface area contributed by atoms with Gasteiger partial charge in [0.1, 0.15) is 0 Å². The van der Waals surface area contributed by atoms with Crippen LogP contribution in [0.1, 0.15) is 80.4 Å². The van der Waals surface area contributed by atoms with E-state index in [1.165, 1.54) is 44.2 Å². The Bertz CT molecular complexity index is 454. The molecule has 0 bridgehead atoms. The molecule has 1 saturated carbocycles. The predicted octanol–water partition coefficient (Wildman–Crippen LogP) is 4.54. The molecule has 2 aliphatic rings. The Morgan fingerprint density at radius 2 is 2.00 bits per heavy atom. The highest BCUT2D eigenvalue weighted by Gasteiger charge is 2.28. The van der Waals surface area contributed by atoms with Crippen LogP contribution >= 0.6 is 0 Å². The average molecular weight is 259 g/mol. The molecule has 1 unspecified atom stereocenters. The van der Waals surface area contributed by atoms with Crippen molar-refractivity contribution in [2.24, 2.45) is 5.92 Å². The quantitative estimate of drug-likeness (QED) is 0.781. The zero-order valence-electron chi connectivity index (χ0n) is 12.0. The smallest absolute Gasteiger partial charge is 0.164 e. The van der Waals surface area contributed by atoms with Crippen molar-refractivity contribution in [2.75, 3.05) is 0 Å². The third-order valence-corrected chi connectivity index (χ3v) is 5.11. The molecule has 0 radical (unpaired) electrons. The fourth-order valence-corrected chi connectivity index (χ4v) is 4.14. The third kappa shape index (κ3) is 2.37. The third-order valence-electron chi connectivity index (χ3n) is 5.11. The highest BCUT2D eigenvalue weighted by atomic mass is 16.1. The lowest BCUT2D eigenvalue weighted by Gasteiger charge is -2.32. The lowest BCUT2D eigenvalue weighted by atomic mass is 9.82. The van der Waals surface area contributed by atoms with Crippen LogP contribution in [0.25, 0.3) is 0 Å². The van der Waals surface area contributed by atoms with Gasteiger partial charge in [-0.2, -0.15) is 0 Å². The van der Waals surface area contributed by atoms with Crippen LogP contribution in [0, 0.1) is 5.92 Å². The number of carbonyl (C=O) groups excluding carboxylic acids is 1. The number of hydrogen-bond acceptors (Lipinski definition) is 1. The van der Waals surface area contributed by atoms with E-state index in [4.69, 9.17) is 0 Å². The molecule has 2 heteroatoms. The Morgan fingerprint density at radius 1 is 1.21 bits per heavy atom. The van der Waals surface area contributed by atoms with Crippen molar-refractivity contribution in [1.82, 2.24) is 4.57 Å². The molecule has 0 aliphatic heterocycles. The fourth-order valence-electron chi connectivity index (χ4n) is 4.14. The maximum atomic E-state index is 12.0. The van der Waals surface area contributed by atoms with E-state index in [9.17, 15) is 4.79 Å². The molecule has 0 spiro atoms. The van der Waals surface area contributed by atoms with Gasteiger partial charge in [0.05, 0.1) is 0 Å². The molecule has 2 nitrogen and oxygen atoms in total. The second-order valence-electron chi connectivity index (χ2n) is 6.23. The van der Waals surface area contributed by atoms with Crippen LogP contribution in [0.4, 0.5) is 0 Å². The van der Waals surface area contributed by atoms with Crippen molar-refractivity contribution in [3.8, 4) is 0 Å². The summed E-state index contributed by atoms with van der Waals surface area (Å²) in [6, 6.07) is 2.69. The second kappa shape index (κ2) is 5.52. The van der Waals surface area contributed by atoms with Crippen LogP contribution in [0.3, 0.4) is 0 Å². The van der Waals surface area contributed by atoms with Crippen molar-refractivity contribution in [1.29, 1.82) is 0 Å². The first-order chi connectivity index (χ1) is 9.31. The summed E-state index contributed by atoms with van der Waals surface area (Å²) < 4.78 is 2.46. The molecule has 0 aromatic carbocycles. The van der Waals surface area contributed by atoms with Crippen LogP contribution in [0.15, 0.2) is 12.3 Å². The van der Waals surface area contributed by atoms with Gasteiger partial charge in [-0.05, 0) is 44.1 Å². The molecule has 2 aliphatic carbocycles. The largest absolute Gasteiger partial charge is 0.347 e. The SMILES string of the molecule is CCC(C1CCCCC1)n1ccc2c1CCCC2=O. The van der Waals surface area contributed by atoms with Gasteiger partial charge in [0, 0.05) is 29.9 Å². The molecule has 0 amide bonds. The van der Waals surface area contributed by atoms with Crippen molar-refractivity contribution >= 4 is 5.78 Å². The number of hydrogen-bond donors (Lipinski definition) is 0. The molecule has 1 heterocycles. The monoisotopic (exact) mass is 259 g/mol. The molecule has 0 N–H and O–H groups in total. The maximum Gasteiger partial charge on any atom is 0.164 e. The Hall–Kier alpha value is -1.05. The molecule has 0 saturated heterocycles. The summed E-state index contributed by atoms with van der Waals surface area (Å²) in [7, 11) is 0. The van der Waals surface area contributed by atoms with Crippen LogP contribution in [0.5, 0.6) is 0 Å². The van der Waals surface area contributed by atoms with E-state index in [2.05, 4.69) is 23.8 Å². The van der Waals surface area contributed by atoms with Gasteiger partial charge in [-0.15, -0.1) is 0 Å². The number of rotatable bonds is 3. The van der Waals surface area contributed by atoms with Gasteiger partial charge in [-0.1, -0.05) is 26.2 Å². The Balaban J connectivity index is 1.89. The van der Waals surface area contributed by atoms with Gasteiger partial charge >= 0.3 is 0 Å². The number of aromatic nitrogens is 1. The summed E-state index contributed by atoms with van der Waals surface area (Å²) in [5.74, 6) is 1.19. The van der Waals surface area contributed by atoms with Gasteiger partial charge in [0.15, 0.2) is 5.78 Å². The number of carbonyl (C=O) groups is 1. The summed E-state index contributed by atoms with van der Waals surface area (Å²) in [5.41, 5.74) is 2.34. The standard InChI is InChI=1S/C17H25NO/c1-2-15(13-7-4-3-5-8-13)18-12-11-14-16(18)9-6-10-17(14)19/h11-13,15H,2-10H2,1H3. The first-order valence-electron chi connectivity index (χ1n) is 8.04. The molecule has 3 rings (SSSR count). The molecule has 19 heavy (non-hydrogen) atoms. The molecule has 1 fully saturated rings. The second-order valence-corrected chi connectivity index (χ2v) is 6.23. The van der Waals surface area contributed by atoms with Gasteiger partial charge in [0.2, 0.25) is 0 Å².